The molecule has 0 aliphatic carbocycles. The highest BCUT2D eigenvalue weighted by Gasteiger charge is 2.32. The van der Waals surface area contributed by atoms with Crippen molar-refractivity contribution in [2.75, 3.05) is 18.0 Å². The van der Waals surface area contributed by atoms with Crippen LogP contribution in [0.2, 0.25) is 0 Å². The molecule has 1 saturated heterocycles. The van der Waals surface area contributed by atoms with Gasteiger partial charge in [-0.1, -0.05) is 31.0 Å². The van der Waals surface area contributed by atoms with Crippen LogP contribution in [0.4, 0.5) is 5.69 Å². The minimum atomic E-state index is -0.141. The molecule has 140 valence electrons. The van der Waals surface area contributed by atoms with Gasteiger partial charge in [-0.2, -0.15) is 0 Å². The van der Waals surface area contributed by atoms with E-state index in [0.717, 1.165) is 38.0 Å². The zero-order valence-electron chi connectivity index (χ0n) is 15.7. The van der Waals surface area contributed by atoms with E-state index in [1.807, 2.05) is 30.0 Å². The Morgan fingerprint density at radius 2 is 1.74 bits per heavy atom. The molecule has 27 heavy (non-hydrogen) atoms. The number of benzene rings is 1. The van der Waals surface area contributed by atoms with Crippen LogP contribution in [-0.2, 0) is 6.42 Å². The largest absolute Gasteiger partial charge is 0.339 e. The van der Waals surface area contributed by atoms with Crippen molar-refractivity contribution in [3.63, 3.8) is 0 Å². The summed E-state index contributed by atoms with van der Waals surface area (Å²) < 4.78 is 0. The molecular formula is C22H25N3O2. The van der Waals surface area contributed by atoms with Gasteiger partial charge in [-0.15, -0.1) is 0 Å². The number of fused-ring (bicyclic) bond motifs is 1. The number of amides is 2. The lowest BCUT2D eigenvalue weighted by Gasteiger charge is -2.23. The van der Waals surface area contributed by atoms with E-state index in [-0.39, 0.29) is 17.9 Å². The summed E-state index contributed by atoms with van der Waals surface area (Å²) in [5.41, 5.74) is 3.01. The standard InChI is InChI=1S/C22H25N3O2/c1-16-14-17-8-4-5-9-20(17)25(16)22(27)19-15-18(10-11-23-19)21(26)24-12-6-2-3-7-13-24/h4-5,8-11,15-16H,2-3,6-7,12-14H2,1H3. The van der Waals surface area contributed by atoms with Crippen LogP contribution < -0.4 is 4.90 Å². The fourth-order valence-electron chi connectivity index (χ4n) is 4.14. The van der Waals surface area contributed by atoms with Gasteiger partial charge >= 0.3 is 0 Å². The summed E-state index contributed by atoms with van der Waals surface area (Å²) in [4.78, 5) is 34.0. The highest BCUT2D eigenvalue weighted by molar-refractivity contribution is 6.07. The molecule has 0 radical (unpaired) electrons. The summed E-state index contributed by atoms with van der Waals surface area (Å²) >= 11 is 0. The molecule has 2 aromatic rings. The molecule has 3 heterocycles. The lowest BCUT2D eigenvalue weighted by molar-refractivity contribution is 0.0761. The van der Waals surface area contributed by atoms with Gasteiger partial charge in [-0.05, 0) is 49.9 Å². The van der Waals surface area contributed by atoms with Crippen molar-refractivity contribution in [3.8, 4) is 0 Å². The fourth-order valence-corrected chi connectivity index (χ4v) is 4.14. The van der Waals surface area contributed by atoms with Gasteiger partial charge in [0.1, 0.15) is 5.69 Å². The number of aromatic nitrogens is 1. The molecule has 0 spiro atoms. The Hall–Kier alpha value is -2.69. The van der Waals surface area contributed by atoms with Gasteiger partial charge in [0.25, 0.3) is 11.8 Å². The van der Waals surface area contributed by atoms with E-state index in [0.29, 0.717) is 11.3 Å². The van der Waals surface area contributed by atoms with Gasteiger partial charge < -0.3 is 9.80 Å². The molecule has 0 N–H and O–H groups in total. The van der Waals surface area contributed by atoms with E-state index >= 15 is 0 Å². The highest BCUT2D eigenvalue weighted by Crippen LogP contribution is 2.32. The first-order valence-corrected chi connectivity index (χ1v) is 9.82. The number of carbonyl (C=O) groups is 2. The van der Waals surface area contributed by atoms with E-state index < -0.39 is 0 Å². The van der Waals surface area contributed by atoms with Crippen LogP contribution in [0.5, 0.6) is 0 Å². The van der Waals surface area contributed by atoms with Crippen molar-refractivity contribution in [2.24, 2.45) is 0 Å². The molecule has 1 aromatic carbocycles. The Bertz CT molecular complexity index is 856. The Morgan fingerprint density at radius 3 is 2.52 bits per heavy atom. The molecule has 1 aromatic heterocycles. The normalized spacial score (nSPS) is 19.5. The maximum absolute atomic E-state index is 13.2. The van der Waals surface area contributed by atoms with Crippen molar-refractivity contribution in [1.29, 1.82) is 0 Å². The summed E-state index contributed by atoms with van der Waals surface area (Å²) in [6, 6.07) is 11.4. The summed E-state index contributed by atoms with van der Waals surface area (Å²) in [6.07, 6.45) is 6.86. The third-order valence-electron chi connectivity index (χ3n) is 5.55. The van der Waals surface area contributed by atoms with E-state index in [2.05, 4.69) is 11.1 Å². The quantitative estimate of drug-likeness (QED) is 0.818. The first-order valence-electron chi connectivity index (χ1n) is 9.82. The number of anilines is 1. The van der Waals surface area contributed by atoms with Gasteiger partial charge in [0, 0.05) is 36.6 Å². The number of likely N-dealkylation sites (tertiary alicyclic amines) is 1. The van der Waals surface area contributed by atoms with E-state index in [4.69, 9.17) is 0 Å². The fraction of sp³-hybridized carbons (Fsp3) is 0.409. The summed E-state index contributed by atoms with van der Waals surface area (Å²) in [5, 5.41) is 0. The van der Waals surface area contributed by atoms with E-state index in [1.54, 1.807) is 23.2 Å². The molecule has 1 fully saturated rings. The molecule has 0 saturated carbocycles. The van der Waals surface area contributed by atoms with Crippen LogP contribution in [-0.4, -0.2) is 40.8 Å². The van der Waals surface area contributed by atoms with Crippen LogP contribution in [0.3, 0.4) is 0 Å². The molecule has 5 nitrogen and oxygen atoms in total. The minimum absolute atomic E-state index is 0.00298. The Morgan fingerprint density at radius 1 is 1.00 bits per heavy atom. The molecule has 5 heteroatoms. The molecule has 2 amide bonds. The van der Waals surface area contributed by atoms with Crippen LogP contribution in [0.1, 0.15) is 59.0 Å². The molecule has 2 aliphatic rings. The summed E-state index contributed by atoms with van der Waals surface area (Å²) in [6.45, 7) is 3.63. The average Bonchev–Trinajstić information content (AvgIpc) is 2.86. The Balaban J connectivity index is 1.59. The lowest BCUT2D eigenvalue weighted by Crippen LogP contribution is -2.36. The average molecular weight is 363 g/mol. The van der Waals surface area contributed by atoms with E-state index in [9.17, 15) is 9.59 Å². The molecule has 4 rings (SSSR count). The number of pyridine rings is 1. The van der Waals surface area contributed by atoms with Crippen molar-refractivity contribution in [2.45, 2.75) is 45.1 Å². The second-order valence-electron chi connectivity index (χ2n) is 7.49. The number of nitrogens with zero attached hydrogens (tertiary/aromatic N) is 3. The molecular weight excluding hydrogens is 338 g/mol. The van der Waals surface area contributed by atoms with Crippen molar-refractivity contribution < 1.29 is 9.59 Å². The zero-order chi connectivity index (χ0) is 18.8. The topological polar surface area (TPSA) is 53.5 Å². The number of hydrogen-bond donors (Lipinski definition) is 0. The maximum atomic E-state index is 13.2. The number of carbonyl (C=O) groups excluding carboxylic acids is 2. The monoisotopic (exact) mass is 363 g/mol. The number of para-hydroxylation sites is 1. The highest BCUT2D eigenvalue weighted by atomic mass is 16.2. The van der Waals surface area contributed by atoms with Crippen molar-refractivity contribution in [1.82, 2.24) is 9.88 Å². The van der Waals surface area contributed by atoms with Crippen LogP contribution in [0.15, 0.2) is 42.6 Å². The third kappa shape index (κ3) is 3.46. The molecule has 1 atom stereocenters. The van der Waals surface area contributed by atoms with Crippen molar-refractivity contribution >= 4 is 17.5 Å². The van der Waals surface area contributed by atoms with Gasteiger partial charge in [0.15, 0.2) is 0 Å². The second-order valence-corrected chi connectivity index (χ2v) is 7.49. The second kappa shape index (κ2) is 7.51. The van der Waals surface area contributed by atoms with Gasteiger partial charge in [0.05, 0.1) is 0 Å². The Labute approximate surface area is 160 Å². The van der Waals surface area contributed by atoms with Gasteiger partial charge in [-0.25, -0.2) is 0 Å². The first kappa shape index (κ1) is 17.7. The molecule has 0 bridgehead atoms. The smallest absolute Gasteiger partial charge is 0.277 e. The lowest BCUT2D eigenvalue weighted by atomic mass is 10.1. The molecule has 1 unspecified atom stereocenters. The van der Waals surface area contributed by atoms with Crippen molar-refractivity contribution in [3.05, 3.63) is 59.4 Å². The number of hydrogen-bond acceptors (Lipinski definition) is 3. The summed E-state index contributed by atoms with van der Waals surface area (Å²) in [5.74, 6) is -0.138. The number of rotatable bonds is 2. The van der Waals surface area contributed by atoms with Crippen LogP contribution >= 0.6 is 0 Å². The van der Waals surface area contributed by atoms with Crippen LogP contribution in [0, 0.1) is 0 Å². The third-order valence-corrected chi connectivity index (χ3v) is 5.55. The predicted molar refractivity (Wildman–Crippen MR) is 105 cm³/mol. The maximum Gasteiger partial charge on any atom is 0.277 e. The molecule has 2 aliphatic heterocycles. The predicted octanol–water partition coefficient (Wildman–Crippen LogP) is 3.69. The Kier molecular flexibility index (Phi) is 4.92. The van der Waals surface area contributed by atoms with Gasteiger partial charge in [-0.3, -0.25) is 14.6 Å². The summed E-state index contributed by atoms with van der Waals surface area (Å²) in [7, 11) is 0. The van der Waals surface area contributed by atoms with Crippen LogP contribution in [0.25, 0.3) is 0 Å². The first-order chi connectivity index (χ1) is 13.1. The van der Waals surface area contributed by atoms with E-state index in [1.165, 1.54) is 18.4 Å². The minimum Gasteiger partial charge on any atom is -0.339 e. The van der Waals surface area contributed by atoms with Gasteiger partial charge in [0.2, 0.25) is 0 Å². The zero-order valence-corrected chi connectivity index (χ0v) is 15.7. The SMILES string of the molecule is CC1Cc2ccccc2N1C(=O)c1cc(C(=O)N2CCCCCC2)ccn1.